The van der Waals surface area contributed by atoms with Gasteiger partial charge < -0.3 is 25.3 Å². The molecule has 2 atom stereocenters. The van der Waals surface area contributed by atoms with Gasteiger partial charge in [-0.3, -0.25) is 9.59 Å². The molecule has 4 rings (SSSR count). The van der Waals surface area contributed by atoms with Crippen molar-refractivity contribution in [3.63, 3.8) is 0 Å². The zero-order chi connectivity index (χ0) is 24.5. The summed E-state index contributed by atoms with van der Waals surface area (Å²) in [4.78, 5) is 24.6. The Labute approximate surface area is 205 Å². The smallest absolute Gasteiger partial charge is 0.240 e. The van der Waals surface area contributed by atoms with E-state index in [9.17, 15) is 9.59 Å². The Morgan fingerprint density at radius 1 is 0.886 bits per heavy atom. The van der Waals surface area contributed by atoms with Gasteiger partial charge in [0.1, 0.15) is 19.3 Å². The predicted molar refractivity (Wildman–Crippen MR) is 132 cm³/mol. The van der Waals surface area contributed by atoms with Gasteiger partial charge in [-0.1, -0.05) is 66.7 Å². The molecule has 7 nitrogen and oxygen atoms in total. The molecule has 0 bridgehead atoms. The Balaban J connectivity index is 1.49. The van der Waals surface area contributed by atoms with Gasteiger partial charge in [-0.25, -0.2) is 0 Å². The van der Waals surface area contributed by atoms with Gasteiger partial charge in [-0.2, -0.15) is 0 Å². The number of amides is 2. The Morgan fingerprint density at radius 3 is 2.09 bits per heavy atom. The van der Waals surface area contributed by atoms with Crippen LogP contribution < -0.4 is 20.5 Å². The van der Waals surface area contributed by atoms with Crippen LogP contribution in [0.25, 0.3) is 0 Å². The van der Waals surface area contributed by atoms with Crippen LogP contribution >= 0.6 is 0 Å². The van der Waals surface area contributed by atoms with Gasteiger partial charge >= 0.3 is 0 Å². The molecule has 2 amide bonds. The van der Waals surface area contributed by atoms with Gasteiger partial charge in [0.05, 0.1) is 12.5 Å². The molecule has 3 aromatic carbocycles. The summed E-state index contributed by atoms with van der Waals surface area (Å²) < 4.78 is 17.4. The minimum Gasteiger partial charge on any atom is -0.485 e. The maximum Gasteiger partial charge on any atom is 0.240 e. The summed E-state index contributed by atoms with van der Waals surface area (Å²) in [5, 5.41) is 2.78. The van der Waals surface area contributed by atoms with E-state index >= 15 is 0 Å². The maximum absolute atomic E-state index is 12.5. The van der Waals surface area contributed by atoms with Crippen LogP contribution in [0.2, 0.25) is 0 Å². The Hall–Kier alpha value is -3.84. The highest BCUT2D eigenvalue weighted by molar-refractivity contribution is 5.88. The number of primary amides is 1. The number of ether oxygens (including phenoxy) is 3. The summed E-state index contributed by atoms with van der Waals surface area (Å²) in [5.74, 6) is 0.0933. The van der Waals surface area contributed by atoms with Crippen molar-refractivity contribution >= 4 is 11.8 Å². The standard InChI is InChI=1S/C28H30N2O5/c29-27(31)24(30-28(32)23-13-14-33-19-23)15-22-11-12-25(34-17-20-7-3-1-4-8-20)26(16-22)35-18-21-9-5-2-6-10-21/h1-12,16,23-24H,13-15,17-19H2,(H2,29,31)(H,30,32)/t23-,24-/m0/s1. The number of hydrogen-bond donors (Lipinski definition) is 2. The van der Waals surface area contributed by atoms with E-state index in [0.29, 0.717) is 44.3 Å². The molecule has 3 N–H and O–H groups in total. The predicted octanol–water partition coefficient (Wildman–Crippen LogP) is 3.39. The monoisotopic (exact) mass is 474 g/mol. The molecule has 0 aliphatic carbocycles. The van der Waals surface area contributed by atoms with Gasteiger partial charge in [0.2, 0.25) is 11.8 Å². The van der Waals surface area contributed by atoms with Crippen molar-refractivity contribution in [1.29, 1.82) is 0 Å². The number of nitrogens with two attached hydrogens (primary N) is 1. The van der Waals surface area contributed by atoms with Crippen LogP contribution in [0.3, 0.4) is 0 Å². The Morgan fingerprint density at radius 2 is 1.51 bits per heavy atom. The molecule has 0 radical (unpaired) electrons. The molecule has 0 aromatic heterocycles. The lowest BCUT2D eigenvalue weighted by Gasteiger charge is -2.19. The second kappa shape index (κ2) is 12.0. The van der Waals surface area contributed by atoms with Crippen molar-refractivity contribution in [3.8, 4) is 11.5 Å². The Kier molecular flexibility index (Phi) is 8.35. The molecule has 7 heteroatoms. The van der Waals surface area contributed by atoms with Gasteiger partial charge in [-0.15, -0.1) is 0 Å². The molecule has 35 heavy (non-hydrogen) atoms. The van der Waals surface area contributed by atoms with Crippen LogP contribution in [0, 0.1) is 5.92 Å². The lowest BCUT2D eigenvalue weighted by atomic mass is 10.0. The second-order valence-corrected chi connectivity index (χ2v) is 8.56. The fraction of sp³-hybridized carbons (Fsp3) is 0.286. The minimum atomic E-state index is -0.832. The van der Waals surface area contributed by atoms with Crippen molar-refractivity contribution in [3.05, 3.63) is 95.6 Å². The average Bonchev–Trinajstić information content (AvgIpc) is 3.43. The summed E-state index contributed by atoms with van der Waals surface area (Å²) in [6.45, 7) is 1.67. The van der Waals surface area contributed by atoms with E-state index in [0.717, 1.165) is 16.7 Å². The molecular weight excluding hydrogens is 444 g/mol. The van der Waals surface area contributed by atoms with Crippen LogP contribution in [0.5, 0.6) is 11.5 Å². The lowest BCUT2D eigenvalue weighted by molar-refractivity contribution is -0.129. The largest absolute Gasteiger partial charge is 0.485 e. The van der Waals surface area contributed by atoms with Crippen LogP contribution in [0.1, 0.15) is 23.1 Å². The van der Waals surface area contributed by atoms with Crippen molar-refractivity contribution in [2.24, 2.45) is 11.7 Å². The highest BCUT2D eigenvalue weighted by atomic mass is 16.5. The maximum atomic E-state index is 12.5. The number of carbonyl (C=O) groups excluding carboxylic acids is 2. The van der Waals surface area contributed by atoms with Crippen molar-refractivity contribution in [1.82, 2.24) is 5.32 Å². The van der Waals surface area contributed by atoms with Crippen molar-refractivity contribution in [2.45, 2.75) is 32.1 Å². The molecule has 1 aliphatic rings. The third-order valence-electron chi connectivity index (χ3n) is 5.88. The first-order valence-electron chi connectivity index (χ1n) is 11.7. The highest BCUT2D eigenvalue weighted by Gasteiger charge is 2.27. The second-order valence-electron chi connectivity index (χ2n) is 8.56. The molecule has 1 fully saturated rings. The van der Waals surface area contributed by atoms with E-state index < -0.39 is 11.9 Å². The molecular formula is C28H30N2O5. The van der Waals surface area contributed by atoms with Gasteiger partial charge in [-0.05, 0) is 35.2 Å². The number of rotatable bonds is 11. The summed E-state index contributed by atoms with van der Waals surface area (Å²) in [7, 11) is 0. The number of hydrogen-bond acceptors (Lipinski definition) is 5. The zero-order valence-corrected chi connectivity index (χ0v) is 19.5. The quantitative estimate of drug-likeness (QED) is 0.444. The number of carbonyl (C=O) groups is 2. The van der Waals surface area contributed by atoms with Crippen LogP contribution in [-0.4, -0.2) is 31.1 Å². The summed E-state index contributed by atoms with van der Waals surface area (Å²) in [6, 6.07) is 24.4. The average molecular weight is 475 g/mol. The zero-order valence-electron chi connectivity index (χ0n) is 19.5. The van der Waals surface area contributed by atoms with Gasteiger partial charge in [0.15, 0.2) is 11.5 Å². The van der Waals surface area contributed by atoms with E-state index in [1.165, 1.54) is 0 Å². The van der Waals surface area contributed by atoms with Gasteiger partial charge in [0, 0.05) is 13.0 Å². The van der Waals surface area contributed by atoms with Gasteiger partial charge in [0.25, 0.3) is 0 Å². The fourth-order valence-electron chi connectivity index (χ4n) is 3.87. The molecule has 182 valence electrons. The number of benzene rings is 3. The van der Waals surface area contributed by atoms with E-state index in [1.807, 2.05) is 78.9 Å². The van der Waals surface area contributed by atoms with E-state index in [2.05, 4.69) is 5.32 Å². The van der Waals surface area contributed by atoms with E-state index in [-0.39, 0.29) is 18.2 Å². The molecule has 1 saturated heterocycles. The third kappa shape index (κ3) is 7.07. The van der Waals surface area contributed by atoms with E-state index in [4.69, 9.17) is 19.9 Å². The number of nitrogens with one attached hydrogen (secondary N) is 1. The normalized spacial score (nSPS) is 15.8. The van der Waals surface area contributed by atoms with Crippen LogP contribution in [0.15, 0.2) is 78.9 Å². The highest BCUT2D eigenvalue weighted by Crippen LogP contribution is 2.30. The van der Waals surface area contributed by atoms with Crippen molar-refractivity contribution in [2.75, 3.05) is 13.2 Å². The Bertz CT molecular complexity index is 1110. The molecule has 3 aromatic rings. The SMILES string of the molecule is NC(=O)[C@H](Cc1ccc(OCc2ccccc2)c(OCc2ccccc2)c1)NC(=O)[C@H]1CCOC1. The summed E-state index contributed by atoms with van der Waals surface area (Å²) >= 11 is 0. The van der Waals surface area contributed by atoms with Crippen LogP contribution in [0.4, 0.5) is 0 Å². The third-order valence-corrected chi connectivity index (χ3v) is 5.88. The molecule has 1 aliphatic heterocycles. The first-order valence-corrected chi connectivity index (χ1v) is 11.7. The molecule has 1 heterocycles. The summed E-state index contributed by atoms with van der Waals surface area (Å²) in [6.07, 6.45) is 0.886. The molecule has 0 spiro atoms. The first kappa shape index (κ1) is 24.3. The minimum absolute atomic E-state index is 0.213. The lowest BCUT2D eigenvalue weighted by Crippen LogP contribution is -2.48. The van der Waals surface area contributed by atoms with Crippen LogP contribution in [-0.2, 0) is 34.0 Å². The topological polar surface area (TPSA) is 99.9 Å². The van der Waals surface area contributed by atoms with Crippen molar-refractivity contribution < 1.29 is 23.8 Å². The first-order chi connectivity index (χ1) is 17.1. The fourth-order valence-corrected chi connectivity index (χ4v) is 3.87. The molecule has 0 unspecified atom stereocenters. The molecule has 0 saturated carbocycles. The summed E-state index contributed by atoms with van der Waals surface area (Å²) in [5.41, 5.74) is 8.46. The van der Waals surface area contributed by atoms with E-state index in [1.54, 1.807) is 0 Å².